The average molecular weight is 469 g/mol. The van der Waals surface area contributed by atoms with E-state index < -0.39 is 0 Å². The molecule has 0 amide bonds. The molecule has 3 heteroatoms. The molecule has 0 aliphatic heterocycles. The first-order valence-electron chi connectivity index (χ1n) is 13.8. The van der Waals surface area contributed by atoms with E-state index in [1.165, 1.54) is 32.8 Å². The number of hydrogen-bond acceptors (Lipinski definition) is 3. The van der Waals surface area contributed by atoms with Crippen molar-refractivity contribution in [3.05, 3.63) is 23.3 Å². The van der Waals surface area contributed by atoms with Crippen LogP contribution < -0.4 is 0 Å². The summed E-state index contributed by atoms with van der Waals surface area (Å²) in [7, 11) is 1.45. The minimum Gasteiger partial charge on any atom is -0.466 e. The number of methoxy groups -OCH3 is 1. The van der Waals surface area contributed by atoms with Crippen molar-refractivity contribution in [3.63, 3.8) is 0 Å². The second kappa shape index (κ2) is 8.63. The number of allylic oxidation sites excluding steroid dienone is 3. The van der Waals surface area contributed by atoms with Crippen LogP contribution in [0.15, 0.2) is 23.3 Å². The van der Waals surface area contributed by atoms with Crippen LogP contribution >= 0.6 is 0 Å². The van der Waals surface area contributed by atoms with Crippen molar-refractivity contribution < 1.29 is 14.3 Å². The summed E-state index contributed by atoms with van der Waals surface area (Å²) in [6.45, 7) is 16.4. The molecule has 0 spiro atoms. The van der Waals surface area contributed by atoms with E-state index >= 15 is 0 Å². The molecule has 0 radical (unpaired) electrons. The maximum Gasteiger partial charge on any atom is 0.333 e. The fraction of sp³-hybridized carbons (Fsp3) is 0.806. The summed E-state index contributed by atoms with van der Waals surface area (Å²) in [6.07, 6.45) is 14.8. The highest BCUT2D eigenvalue weighted by molar-refractivity contribution is 5.87. The van der Waals surface area contributed by atoms with Gasteiger partial charge in [0, 0.05) is 17.4 Å². The minimum atomic E-state index is -0.213. The Bertz CT molecular complexity index is 910. The Labute approximate surface area is 208 Å². The molecule has 3 nitrogen and oxygen atoms in total. The van der Waals surface area contributed by atoms with E-state index in [0.717, 1.165) is 43.6 Å². The largest absolute Gasteiger partial charge is 0.466 e. The molecule has 4 aliphatic rings. The number of ether oxygens (including phenoxy) is 1. The summed E-state index contributed by atoms with van der Waals surface area (Å²) in [5.74, 6) is 2.74. The van der Waals surface area contributed by atoms with Crippen LogP contribution in [0.3, 0.4) is 0 Å². The van der Waals surface area contributed by atoms with Crippen molar-refractivity contribution in [1.82, 2.24) is 0 Å². The molecule has 7 atom stereocenters. The van der Waals surface area contributed by atoms with Gasteiger partial charge in [-0.25, -0.2) is 4.79 Å². The maximum absolute atomic E-state index is 12.8. The van der Waals surface area contributed by atoms with Crippen LogP contribution in [-0.2, 0) is 14.3 Å². The molecular formula is C31H48O3. The average Bonchev–Trinajstić information content (AvgIpc) is 3.07. The van der Waals surface area contributed by atoms with Crippen molar-refractivity contribution >= 4 is 11.8 Å². The van der Waals surface area contributed by atoms with Gasteiger partial charge in [0.25, 0.3) is 0 Å². The third-order valence-electron chi connectivity index (χ3n) is 11.9. The van der Waals surface area contributed by atoms with E-state index in [2.05, 4.69) is 53.7 Å². The van der Waals surface area contributed by atoms with E-state index in [4.69, 9.17) is 4.74 Å². The van der Waals surface area contributed by atoms with Gasteiger partial charge in [0.15, 0.2) is 0 Å². The molecule has 0 heterocycles. The number of esters is 1. The van der Waals surface area contributed by atoms with E-state index in [1.807, 2.05) is 6.92 Å². The lowest BCUT2D eigenvalue weighted by Gasteiger charge is -2.63. The van der Waals surface area contributed by atoms with Crippen LogP contribution in [0, 0.1) is 45.3 Å². The number of fused-ring (bicyclic) bond motifs is 5. The predicted molar refractivity (Wildman–Crippen MR) is 138 cm³/mol. The Balaban J connectivity index is 1.56. The third kappa shape index (κ3) is 3.58. The van der Waals surface area contributed by atoms with E-state index in [-0.39, 0.29) is 22.2 Å². The molecule has 3 fully saturated rings. The summed E-state index contributed by atoms with van der Waals surface area (Å²) in [5, 5.41) is 0. The van der Waals surface area contributed by atoms with Crippen LogP contribution in [0.1, 0.15) is 106 Å². The van der Waals surface area contributed by atoms with E-state index in [0.29, 0.717) is 29.0 Å². The van der Waals surface area contributed by atoms with Crippen LogP contribution in [0.5, 0.6) is 0 Å². The fourth-order valence-electron chi connectivity index (χ4n) is 9.47. The lowest BCUT2D eigenvalue weighted by atomic mass is 9.41. The molecule has 3 saturated carbocycles. The van der Waals surface area contributed by atoms with Gasteiger partial charge in [-0.1, -0.05) is 59.3 Å². The first-order chi connectivity index (χ1) is 15.8. The van der Waals surface area contributed by atoms with Gasteiger partial charge in [-0.3, -0.25) is 4.79 Å². The topological polar surface area (TPSA) is 43.4 Å². The number of hydrogen-bond donors (Lipinski definition) is 0. The van der Waals surface area contributed by atoms with Gasteiger partial charge in [0.05, 0.1) is 7.11 Å². The highest BCUT2D eigenvalue weighted by Gasteiger charge is 2.65. The molecule has 34 heavy (non-hydrogen) atoms. The Morgan fingerprint density at radius 2 is 1.85 bits per heavy atom. The lowest BCUT2D eigenvalue weighted by molar-refractivity contribution is -0.146. The van der Waals surface area contributed by atoms with Gasteiger partial charge in [-0.05, 0) is 98.2 Å². The van der Waals surface area contributed by atoms with Gasteiger partial charge in [-0.15, -0.1) is 0 Å². The number of Topliss-reactive ketones (excluding diaryl/α,β-unsaturated/α-hetero) is 1. The number of rotatable bonds is 5. The molecule has 4 rings (SSSR count). The van der Waals surface area contributed by atoms with Crippen LogP contribution in [0.25, 0.3) is 0 Å². The predicted octanol–water partition coefficient (Wildman–Crippen LogP) is 7.70. The Hall–Kier alpha value is -1.38. The van der Waals surface area contributed by atoms with Gasteiger partial charge in [0.1, 0.15) is 5.78 Å². The SMILES string of the molecule is COC(=O)/C(C)=C\CCC(C)[C@@H]1CC[C@]2(C)C3=CC[C@H]4C(C)(C)C(=O)CC[C@]4(C)[C@H]3CC[C@@]12C. The van der Waals surface area contributed by atoms with Crippen molar-refractivity contribution in [3.8, 4) is 0 Å². The lowest BCUT2D eigenvalue weighted by Crippen LogP contribution is -2.57. The number of carbonyl (C=O) groups is 2. The van der Waals surface area contributed by atoms with Crippen molar-refractivity contribution in [1.29, 1.82) is 0 Å². The van der Waals surface area contributed by atoms with Crippen molar-refractivity contribution in [2.24, 2.45) is 45.3 Å². The van der Waals surface area contributed by atoms with Gasteiger partial charge < -0.3 is 4.74 Å². The number of ketones is 1. The zero-order valence-electron chi connectivity index (χ0n) is 23.1. The summed E-state index contributed by atoms with van der Waals surface area (Å²) in [6, 6.07) is 0. The monoisotopic (exact) mass is 468 g/mol. The molecule has 190 valence electrons. The zero-order valence-corrected chi connectivity index (χ0v) is 23.1. The first-order valence-corrected chi connectivity index (χ1v) is 13.8. The van der Waals surface area contributed by atoms with Crippen molar-refractivity contribution in [2.45, 2.75) is 106 Å². The van der Waals surface area contributed by atoms with Crippen molar-refractivity contribution in [2.75, 3.05) is 7.11 Å². The molecular weight excluding hydrogens is 420 g/mol. The second-order valence-corrected chi connectivity index (χ2v) is 13.5. The normalized spacial score (nSPS) is 42.2. The number of carbonyl (C=O) groups excluding carboxylic acids is 2. The smallest absolute Gasteiger partial charge is 0.333 e. The van der Waals surface area contributed by atoms with Crippen LogP contribution in [0.2, 0.25) is 0 Å². The molecule has 0 aromatic rings. The van der Waals surface area contributed by atoms with Gasteiger partial charge in [-0.2, -0.15) is 0 Å². The van der Waals surface area contributed by atoms with Gasteiger partial charge >= 0.3 is 5.97 Å². The van der Waals surface area contributed by atoms with Gasteiger partial charge in [0.2, 0.25) is 0 Å². The Morgan fingerprint density at radius 1 is 1.15 bits per heavy atom. The zero-order chi connectivity index (χ0) is 25.1. The molecule has 1 unspecified atom stereocenters. The molecule has 0 N–H and O–H groups in total. The summed E-state index contributed by atoms with van der Waals surface area (Å²) < 4.78 is 4.85. The molecule has 0 bridgehead atoms. The Kier molecular flexibility index (Phi) is 6.52. The summed E-state index contributed by atoms with van der Waals surface area (Å²) in [5.41, 5.74) is 3.14. The summed E-state index contributed by atoms with van der Waals surface area (Å²) >= 11 is 0. The second-order valence-electron chi connectivity index (χ2n) is 13.5. The van der Waals surface area contributed by atoms with Crippen LogP contribution in [-0.4, -0.2) is 18.9 Å². The molecule has 0 aromatic heterocycles. The van der Waals surface area contributed by atoms with E-state index in [1.54, 1.807) is 5.57 Å². The minimum absolute atomic E-state index is 0.195. The molecule has 0 aromatic carbocycles. The van der Waals surface area contributed by atoms with Crippen LogP contribution in [0.4, 0.5) is 0 Å². The first kappa shape index (κ1) is 25.7. The highest BCUT2D eigenvalue weighted by Crippen LogP contribution is 2.73. The standard InChI is InChI=1S/C31H48O3/c1-20(10-9-11-21(2)27(33)34-8)22-14-18-31(7)24-12-13-25-28(3,4)26(32)16-17-29(25,5)23(24)15-19-30(22,31)6/h11-12,20,22-23,25H,9-10,13-19H2,1-8H3/b21-11-/t20?,22-,23-,25-,29+,30-,31+/m0/s1. The summed E-state index contributed by atoms with van der Waals surface area (Å²) in [4.78, 5) is 24.5. The van der Waals surface area contributed by atoms with E-state index in [9.17, 15) is 9.59 Å². The quantitative estimate of drug-likeness (QED) is 0.236. The highest BCUT2D eigenvalue weighted by atomic mass is 16.5. The molecule has 0 saturated heterocycles. The third-order valence-corrected chi connectivity index (χ3v) is 11.9. The Morgan fingerprint density at radius 3 is 2.53 bits per heavy atom. The maximum atomic E-state index is 12.8. The molecule has 4 aliphatic carbocycles. The fourth-order valence-corrected chi connectivity index (χ4v) is 9.47.